The third kappa shape index (κ3) is 3.60. The van der Waals surface area contributed by atoms with E-state index in [-0.39, 0.29) is 35.3 Å². The molecule has 6 nitrogen and oxygen atoms in total. The Morgan fingerprint density at radius 3 is 2.82 bits per heavy atom. The van der Waals surface area contributed by atoms with Gasteiger partial charge in [-0.1, -0.05) is 17.7 Å². The third-order valence-electron chi connectivity index (χ3n) is 2.12. The standard InChI is InChI=1S/C10H12ClN3O3/c1-12-9(15)5-6-13-10-7(11)3-2-4-8(10)14(16)17/h2-4,13H,5-6H2,1H3,(H,12,15). The summed E-state index contributed by atoms with van der Waals surface area (Å²) in [6.07, 6.45) is 0.221. The van der Waals surface area contributed by atoms with Crippen molar-refractivity contribution in [2.75, 3.05) is 18.9 Å². The van der Waals surface area contributed by atoms with Gasteiger partial charge >= 0.3 is 0 Å². The average molecular weight is 258 g/mol. The molecular weight excluding hydrogens is 246 g/mol. The Labute approximate surface area is 103 Å². The minimum absolute atomic E-state index is 0.102. The number of halogens is 1. The Morgan fingerprint density at radius 2 is 2.24 bits per heavy atom. The molecule has 1 rings (SSSR count). The number of hydrogen-bond acceptors (Lipinski definition) is 4. The Morgan fingerprint density at radius 1 is 1.53 bits per heavy atom. The molecule has 0 aliphatic rings. The number of carbonyl (C=O) groups is 1. The topological polar surface area (TPSA) is 84.3 Å². The van der Waals surface area contributed by atoms with E-state index in [1.807, 2.05) is 0 Å². The van der Waals surface area contributed by atoms with Crippen LogP contribution in [0.3, 0.4) is 0 Å². The van der Waals surface area contributed by atoms with E-state index in [0.29, 0.717) is 0 Å². The molecular formula is C10H12ClN3O3. The second-order valence-electron chi connectivity index (χ2n) is 3.24. The van der Waals surface area contributed by atoms with Gasteiger partial charge in [-0.25, -0.2) is 0 Å². The Bertz CT molecular complexity index is 437. The zero-order valence-corrected chi connectivity index (χ0v) is 9.95. The molecule has 0 aliphatic carbocycles. The van der Waals surface area contributed by atoms with Crippen molar-refractivity contribution < 1.29 is 9.72 Å². The molecule has 1 amide bonds. The number of hydrogen-bond donors (Lipinski definition) is 2. The highest BCUT2D eigenvalue weighted by Crippen LogP contribution is 2.31. The molecule has 0 bridgehead atoms. The van der Waals surface area contributed by atoms with Gasteiger partial charge in [0.25, 0.3) is 5.69 Å². The molecule has 0 spiro atoms. The summed E-state index contributed by atoms with van der Waals surface area (Å²) >= 11 is 5.86. The maximum absolute atomic E-state index is 11.0. The molecule has 0 saturated carbocycles. The van der Waals surface area contributed by atoms with Crippen molar-refractivity contribution in [2.24, 2.45) is 0 Å². The predicted molar refractivity (Wildman–Crippen MR) is 65.3 cm³/mol. The second kappa shape index (κ2) is 6.05. The lowest BCUT2D eigenvalue weighted by atomic mass is 10.2. The van der Waals surface area contributed by atoms with Crippen LogP contribution in [0.1, 0.15) is 6.42 Å². The van der Waals surface area contributed by atoms with Crippen molar-refractivity contribution in [2.45, 2.75) is 6.42 Å². The van der Waals surface area contributed by atoms with Gasteiger partial charge in [-0.05, 0) is 6.07 Å². The molecule has 0 radical (unpaired) electrons. The Kier molecular flexibility index (Phi) is 4.71. The van der Waals surface area contributed by atoms with Crippen molar-refractivity contribution in [3.05, 3.63) is 33.3 Å². The van der Waals surface area contributed by atoms with Crippen LogP contribution in [0.4, 0.5) is 11.4 Å². The first-order chi connectivity index (χ1) is 8.06. The van der Waals surface area contributed by atoms with E-state index >= 15 is 0 Å². The molecule has 1 aromatic carbocycles. The highest BCUT2D eigenvalue weighted by atomic mass is 35.5. The molecule has 0 saturated heterocycles. The number of para-hydroxylation sites is 1. The summed E-state index contributed by atoms with van der Waals surface area (Å²) in [4.78, 5) is 21.2. The molecule has 17 heavy (non-hydrogen) atoms. The van der Waals surface area contributed by atoms with Gasteiger partial charge in [-0.15, -0.1) is 0 Å². The molecule has 92 valence electrons. The summed E-state index contributed by atoms with van der Waals surface area (Å²) in [6.45, 7) is 0.282. The van der Waals surface area contributed by atoms with Gasteiger partial charge in [0.1, 0.15) is 5.69 Å². The largest absolute Gasteiger partial charge is 0.378 e. The molecule has 0 fully saturated rings. The van der Waals surface area contributed by atoms with Gasteiger partial charge in [0, 0.05) is 26.1 Å². The lowest BCUT2D eigenvalue weighted by Crippen LogP contribution is -2.21. The monoisotopic (exact) mass is 257 g/mol. The highest BCUT2D eigenvalue weighted by molar-refractivity contribution is 6.33. The first-order valence-corrected chi connectivity index (χ1v) is 5.31. The molecule has 0 heterocycles. The van der Waals surface area contributed by atoms with Gasteiger partial charge in [0.15, 0.2) is 0 Å². The minimum atomic E-state index is -0.520. The molecule has 0 aliphatic heterocycles. The van der Waals surface area contributed by atoms with Crippen LogP contribution in [-0.2, 0) is 4.79 Å². The zero-order valence-electron chi connectivity index (χ0n) is 9.20. The van der Waals surface area contributed by atoms with Crippen LogP contribution >= 0.6 is 11.6 Å². The number of nitrogens with zero attached hydrogens (tertiary/aromatic N) is 1. The molecule has 0 aromatic heterocycles. The summed E-state index contributed by atoms with van der Waals surface area (Å²) in [6, 6.07) is 4.41. The van der Waals surface area contributed by atoms with Crippen molar-refractivity contribution in [1.82, 2.24) is 5.32 Å². The van der Waals surface area contributed by atoms with E-state index in [1.54, 1.807) is 6.07 Å². The fraction of sp³-hybridized carbons (Fsp3) is 0.300. The molecule has 2 N–H and O–H groups in total. The number of amides is 1. The Hall–Kier alpha value is -1.82. The number of nitro groups is 1. The number of anilines is 1. The van der Waals surface area contributed by atoms with Gasteiger partial charge in [0.05, 0.1) is 9.95 Å². The van der Waals surface area contributed by atoms with E-state index in [9.17, 15) is 14.9 Å². The second-order valence-corrected chi connectivity index (χ2v) is 3.65. The number of benzene rings is 1. The highest BCUT2D eigenvalue weighted by Gasteiger charge is 2.16. The minimum Gasteiger partial charge on any atom is -0.378 e. The van der Waals surface area contributed by atoms with Crippen LogP contribution in [0.2, 0.25) is 5.02 Å². The SMILES string of the molecule is CNC(=O)CCNc1c(Cl)cccc1[N+](=O)[O-]. The summed E-state index contributed by atoms with van der Waals surface area (Å²) in [7, 11) is 1.53. The lowest BCUT2D eigenvalue weighted by molar-refractivity contribution is -0.383. The van der Waals surface area contributed by atoms with E-state index < -0.39 is 4.92 Å². The first kappa shape index (κ1) is 13.2. The first-order valence-electron chi connectivity index (χ1n) is 4.93. The van der Waals surface area contributed by atoms with Gasteiger partial charge in [-0.2, -0.15) is 0 Å². The summed E-state index contributed by atoms with van der Waals surface area (Å²) in [5, 5.41) is 16.3. The van der Waals surface area contributed by atoms with Crippen molar-refractivity contribution in [1.29, 1.82) is 0 Å². The quantitative estimate of drug-likeness (QED) is 0.622. The normalized spacial score (nSPS) is 9.76. The van der Waals surface area contributed by atoms with Crippen LogP contribution in [0, 0.1) is 10.1 Å². The van der Waals surface area contributed by atoms with E-state index in [0.717, 1.165) is 0 Å². The summed E-state index contributed by atoms with van der Waals surface area (Å²) in [5.41, 5.74) is 0.137. The molecule has 7 heteroatoms. The lowest BCUT2D eigenvalue weighted by Gasteiger charge is -2.08. The van der Waals surface area contributed by atoms with Crippen LogP contribution < -0.4 is 10.6 Å². The number of nitrogens with one attached hydrogen (secondary N) is 2. The number of rotatable bonds is 5. The number of nitro benzene ring substituents is 1. The Balaban J connectivity index is 2.76. The van der Waals surface area contributed by atoms with Crippen molar-refractivity contribution in [3.8, 4) is 0 Å². The predicted octanol–water partition coefficient (Wildman–Crippen LogP) is 1.80. The van der Waals surface area contributed by atoms with E-state index in [1.165, 1.54) is 19.2 Å². The van der Waals surface area contributed by atoms with Crippen LogP contribution in [0.25, 0.3) is 0 Å². The summed E-state index contributed by atoms with van der Waals surface area (Å²) < 4.78 is 0. The van der Waals surface area contributed by atoms with Gasteiger partial charge in [-0.3, -0.25) is 14.9 Å². The molecule has 0 unspecified atom stereocenters. The fourth-order valence-corrected chi connectivity index (χ4v) is 1.50. The summed E-state index contributed by atoms with van der Waals surface area (Å²) in [5.74, 6) is -0.146. The maximum Gasteiger partial charge on any atom is 0.293 e. The van der Waals surface area contributed by atoms with Crippen molar-refractivity contribution >= 4 is 28.9 Å². The number of carbonyl (C=O) groups excluding carboxylic acids is 1. The molecule has 0 atom stereocenters. The van der Waals surface area contributed by atoms with Gasteiger partial charge < -0.3 is 10.6 Å². The smallest absolute Gasteiger partial charge is 0.293 e. The maximum atomic E-state index is 11.0. The van der Waals surface area contributed by atoms with Crippen LogP contribution in [-0.4, -0.2) is 24.4 Å². The molecule has 1 aromatic rings. The van der Waals surface area contributed by atoms with Crippen LogP contribution in [0.15, 0.2) is 18.2 Å². The third-order valence-corrected chi connectivity index (χ3v) is 2.44. The zero-order chi connectivity index (χ0) is 12.8. The van der Waals surface area contributed by atoms with E-state index in [4.69, 9.17) is 11.6 Å². The van der Waals surface area contributed by atoms with Gasteiger partial charge in [0.2, 0.25) is 5.91 Å². The van der Waals surface area contributed by atoms with Crippen LogP contribution in [0.5, 0.6) is 0 Å². The average Bonchev–Trinajstić information content (AvgIpc) is 2.30. The fourth-order valence-electron chi connectivity index (χ4n) is 1.27. The van der Waals surface area contributed by atoms with E-state index in [2.05, 4.69) is 10.6 Å². The van der Waals surface area contributed by atoms with Crippen molar-refractivity contribution in [3.63, 3.8) is 0 Å².